The minimum atomic E-state index is -0.151. The maximum Gasteiger partial charge on any atom is 0.309 e. The molecule has 0 spiro atoms. The summed E-state index contributed by atoms with van der Waals surface area (Å²) in [7, 11) is 1.42. The van der Waals surface area contributed by atoms with Crippen molar-refractivity contribution in [2.45, 2.75) is 13.8 Å². The van der Waals surface area contributed by atoms with Gasteiger partial charge >= 0.3 is 5.97 Å². The van der Waals surface area contributed by atoms with Crippen LogP contribution in [0.1, 0.15) is 12.5 Å². The van der Waals surface area contributed by atoms with Gasteiger partial charge in [0.25, 0.3) is 0 Å². The first-order chi connectivity index (χ1) is 8.63. The maximum absolute atomic E-state index is 11.2. The summed E-state index contributed by atoms with van der Waals surface area (Å²) in [5.74, 6) is 2.33. The SMILES string of the molecule is COC(=O)C(C)CSCCOc1cccc(C)c1. The fourth-order valence-corrected chi connectivity index (χ4v) is 2.31. The molecule has 0 saturated carbocycles. The minimum Gasteiger partial charge on any atom is -0.493 e. The highest BCUT2D eigenvalue weighted by atomic mass is 32.2. The highest BCUT2D eigenvalue weighted by Crippen LogP contribution is 2.14. The van der Waals surface area contributed by atoms with Gasteiger partial charge in [-0.05, 0) is 24.6 Å². The number of benzene rings is 1. The van der Waals surface area contributed by atoms with Crippen molar-refractivity contribution in [3.05, 3.63) is 29.8 Å². The number of hydrogen-bond donors (Lipinski definition) is 0. The third-order valence-corrected chi connectivity index (χ3v) is 3.65. The molecule has 1 unspecified atom stereocenters. The Balaban J connectivity index is 2.14. The molecule has 0 N–H and O–H groups in total. The number of rotatable bonds is 7. The highest BCUT2D eigenvalue weighted by Gasteiger charge is 2.12. The van der Waals surface area contributed by atoms with E-state index in [2.05, 4.69) is 4.74 Å². The molecule has 0 radical (unpaired) electrons. The molecular weight excluding hydrogens is 248 g/mol. The third kappa shape index (κ3) is 5.45. The van der Waals surface area contributed by atoms with Crippen molar-refractivity contribution in [3.63, 3.8) is 0 Å². The molecule has 0 aliphatic carbocycles. The lowest BCUT2D eigenvalue weighted by Gasteiger charge is -2.09. The molecule has 0 saturated heterocycles. The van der Waals surface area contributed by atoms with Crippen molar-refractivity contribution in [1.82, 2.24) is 0 Å². The molecule has 0 fully saturated rings. The van der Waals surface area contributed by atoms with E-state index in [0.717, 1.165) is 17.3 Å². The lowest BCUT2D eigenvalue weighted by atomic mass is 10.2. The van der Waals surface area contributed by atoms with Crippen LogP contribution in [0.15, 0.2) is 24.3 Å². The van der Waals surface area contributed by atoms with Gasteiger partial charge in [0, 0.05) is 11.5 Å². The summed E-state index contributed by atoms with van der Waals surface area (Å²) in [6.07, 6.45) is 0. The van der Waals surface area contributed by atoms with Crippen molar-refractivity contribution in [2.24, 2.45) is 5.92 Å². The predicted molar refractivity (Wildman–Crippen MR) is 75.2 cm³/mol. The van der Waals surface area contributed by atoms with E-state index >= 15 is 0 Å². The number of hydrogen-bond acceptors (Lipinski definition) is 4. The number of methoxy groups -OCH3 is 1. The summed E-state index contributed by atoms with van der Waals surface area (Å²) in [4.78, 5) is 11.2. The molecule has 0 aliphatic heterocycles. The number of aryl methyl sites for hydroxylation is 1. The Hall–Kier alpha value is -1.16. The van der Waals surface area contributed by atoms with E-state index < -0.39 is 0 Å². The van der Waals surface area contributed by atoms with Crippen LogP contribution in [0.25, 0.3) is 0 Å². The van der Waals surface area contributed by atoms with Gasteiger partial charge in [-0.25, -0.2) is 0 Å². The van der Waals surface area contributed by atoms with Crippen LogP contribution in [0.4, 0.5) is 0 Å². The molecule has 3 nitrogen and oxygen atoms in total. The number of carbonyl (C=O) groups is 1. The Morgan fingerprint density at radius 1 is 1.44 bits per heavy atom. The van der Waals surface area contributed by atoms with Crippen molar-refractivity contribution in [2.75, 3.05) is 25.2 Å². The van der Waals surface area contributed by atoms with E-state index in [9.17, 15) is 4.79 Å². The summed E-state index contributed by atoms with van der Waals surface area (Å²) in [6.45, 7) is 4.57. The first kappa shape index (κ1) is 14.9. The van der Waals surface area contributed by atoms with Crippen LogP contribution in [0.5, 0.6) is 5.75 Å². The maximum atomic E-state index is 11.2. The Bertz CT molecular complexity index is 379. The van der Waals surface area contributed by atoms with Gasteiger partial charge in [-0.15, -0.1) is 0 Å². The molecule has 1 rings (SSSR count). The summed E-state index contributed by atoms with van der Waals surface area (Å²) in [5.41, 5.74) is 1.19. The van der Waals surface area contributed by atoms with Crippen LogP contribution in [-0.2, 0) is 9.53 Å². The van der Waals surface area contributed by atoms with Gasteiger partial charge in [0.2, 0.25) is 0 Å². The minimum absolute atomic E-state index is 0.0565. The molecule has 1 atom stereocenters. The van der Waals surface area contributed by atoms with Crippen LogP contribution in [-0.4, -0.2) is 31.2 Å². The molecule has 0 heterocycles. The fraction of sp³-hybridized carbons (Fsp3) is 0.500. The van der Waals surface area contributed by atoms with Gasteiger partial charge in [-0.1, -0.05) is 19.1 Å². The highest BCUT2D eigenvalue weighted by molar-refractivity contribution is 7.99. The standard InChI is InChI=1S/C14H20O3S/c1-11-5-4-6-13(9-11)17-7-8-18-10-12(2)14(15)16-3/h4-6,9,12H,7-8,10H2,1-3H3. The van der Waals surface area contributed by atoms with Crippen LogP contribution in [0, 0.1) is 12.8 Å². The van der Waals surface area contributed by atoms with Gasteiger partial charge in [-0.2, -0.15) is 11.8 Å². The third-order valence-electron chi connectivity index (χ3n) is 2.46. The van der Waals surface area contributed by atoms with E-state index in [0.29, 0.717) is 6.61 Å². The number of thioether (sulfide) groups is 1. The van der Waals surface area contributed by atoms with Crippen LogP contribution < -0.4 is 4.74 Å². The average molecular weight is 268 g/mol. The molecule has 1 aromatic carbocycles. The molecule has 4 heteroatoms. The second-order valence-electron chi connectivity index (χ2n) is 4.16. The topological polar surface area (TPSA) is 35.5 Å². The normalized spacial score (nSPS) is 11.9. The van der Waals surface area contributed by atoms with Crippen LogP contribution in [0.3, 0.4) is 0 Å². The van der Waals surface area contributed by atoms with Gasteiger partial charge in [-0.3, -0.25) is 4.79 Å². The van der Waals surface area contributed by atoms with E-state index in [1.165, 1.54) is 12.7 Å². The molecule has 0 bridgehead atoms. The van der Waals surface area contributed by atoms with Crippen molar-refractivity contribution in [1.29, 1.82) is 0 Å². The van der Waals surface area contributed by atoms with E-state index in [4.69, 9.17) is 4.74 Å². The fourth-order valence-electron chi connectivity index (χ4n) is 1.45. The molecule has 0 aromatic heterocycles. The van der Waals surface area contributed by atoms with Crippen LogP contribution >= 0.6 is 11.8 Å². The molecule has 1 aromatic rings. The van der Waals surface area contributed by atoms with E-state index in [1.807, 2.05) is 38.1 Å². The lowest BCUT2D eigenvalue weighted by Crippen LogP contribution is -2.15. The molecule has 0 aliphatic rings. The summed E-state index contributed by atoms with van der Waals surface area (Å²) >= 11 is 1.70. The zero-order chi connectivity index (χ0) is 13.4. The average Bonchev–Trinajstić information content (AvgIpc) is 2.37. The number of esters is 1. The molecule has 18 heavy (non-hydrogen) atoms. The summed E-state index contributed by atoms with van der Waals surface area (Å²) in [6, 6.07) is 7.99. The van der Waals surface area contributed by atoms with E-state index in [1.54, 1.807) is 11.8 Å². The van der Waals surface area contributed by atoms with Gasteiger partial charge < -0.3 is 9.47 Å². The molecular formula is C14H20O3S. The zero-order valence-electron chi connectivity index (χ0n) is 11.1. The Morgan fingerprint density at radius 2 is 2.22 bits per heavy atom. The van der Waals surface area contributed by atoms with Gasteiger partial charge in [0.1, 0.15) is 5.75 Å². The second-order valence-corrected chi connectivity index (χ2v) is 5.31. The van der Waals surface area contributed by atoms with Crippen molar-refractivity contribution < 1.29 is 14.3 Å². The number of carbonyl (C=O) groups excluding carboxylic acids is 1. The van der Waals surface area contributed by atoms with E-state index in [-0.39, 0.29) is 11.9 Å². The lowest BCUT2D eigenvalue weighted by molar-refractivity contribution is -0.143. The van der Waals surface area contributed by atoms with Crippen molar-refractivity contribution in [3.8, 4) is 5.75 Å². The Morgan fingerprint density at radius 3 is 2.89 bits per heavy atom. The quantitative estimate of drug-likeness (QED) is 0.562. The molecule has 0 amide bonds. The predicted octanol–water partition coefficient (Wildman–Crippen LogP) is 2.92. The first-order valence-electron chi connectivity index (χ1n) is 5.98. The van der Waals surface area contributed by atoms with Crippen molar-refractivity contribution >= 4 is 17.7 Å². The number of ether oxygens (including phenoxy) is 2. The zero-order valence-corrected chi connectivity index (χ0v) is 12.0. The largest absolute Gasteiger partial charge is 0.493 e. The second kappa shape index (κ2) is 8.03. The Kier molecular flexibility index (Phi) is 6.65. The van der Waals surface area contributed by atoms with Crippen LogP contribution in [0.2, 0.25) is 0 Å². The van der Waals surface area contributed by atoms with Gasteiger partial charge in [0.05, 0.1) is 19.6 Å². The smallest absolute Gasteiger partial charge is 0.309 e. The summed E-state index contributed by atoms with van der Waals surface area (Å²) in [5, 5.41) is 0. The van der Waals surface area contributed by atoms with Gasteiger partial charge in [0.15, 0.2) is 0 Å². The monoisotopic (exact) mass is 268 g/mol. The summed E-state index contributed by atoms with van der Waals surface area (Å²) < 4.78 is 10.3. The Labute approximate surface area is 113 Å². The first-order valence-corrected chi connectivity index (χ1v) is 7.14. The molecule has 100 valence electrons.